The van der Waals surface area contributed by atoms with Crippen LogP contribution in [0.1, 0.15) is 36.1 Å². The maximum atomic E-state index is 10.5. The van der Waals surface area contributed by atoms with Crippen molar-refractivity contribution in [2.24, 2.45) is 0 Å². The lowest BCUT2D eigenvalue weighted by atomic mass is 10.0. The Hall–Kier alpha value is -1.80. The lowest BCUT2D eigenvalue weighted by molar-refractivity contribution is 0.0327. The summed E-state index contributed by atoms with van der Waals surface area (Å²) < 4.78 is 6.04. The molecule has 0 spiro atoms. The molecule has 0 radical (unpaired) electrons. The van der Waals surface area contributed by atoms with Crippen molar-refractivity contribution in [1.82, 2.24) is 0 Å². The molecule has 2 aromatic carbocycles. The second kappa shape index (κ2) is 6.58. The van der Waals surface area contributed by atoms with Crippen molar-refractivity contribution in [2.45, 2.75) is 39.4 Å². The normalized spacial score (nSPS) is 13.8. The molecule has 2 nitrogen and oxygen atoms in total. The van der Waals surface area contributed by atoms with E-state index < -0.39 is 6.10 Å². The van der Waals surface area contributed by atoms with Gasteiger partial charge < -0.3 is 9.84 Å². The van der Waals surface area contributed by atoms with E-state index >= 15 is 0 Å². The quantitative estimate of drug-likeness (QED) is 0.882. The van der Waals surface area contributed by atoms with E-state index in [2.05, 4.69) is 6.07 Å². The molecule has 0 aliphatic rings. The molecule has 2 rings (SSSR count). The Morgan fingerprint density at radius 3 is 2.40 bits per heavy atom. The number of aliphatic hydroxyl groups excluding tert-OH is 1. The number of benzene rings is 2. The molecule has 0 fully saturated rings. The Balaban J connectivity index is 2.18. The van der Waals surface area contributed by atoms with Gasteiger partial charge in [0.1, 0.15) is 18.0 Å². The summed E-state index contributed by atoms with van der Waals surface area (Å²) >= 11 is 0. The third-order valence-corrected chi connectivity index (χ3v) is 3.52. The van der Waals surface area contributed by atoms with Gasteiger partial charge in [0.2, 0.25) is 0 Å². The monoisotopic (exact) mass is 270 g/mol. The third-order valence-electron chi connectivity index (χ3n) is 3.52. The minimum absolute atomic E-state index is 0.238. The van der Waals surface area contributed by atoms with Crippen molar-refractivity contribution >= 4 is 0 Å². The zero-order valence-corrected chi connectivity index (χ0v) is 12.3. The van der Waals surface area contributed by atoms with Gasteiger partial charge in [-0.25, -0.2) is 0 Å². The average molecular weight is 270 g/mol. The molecule has 2 aromatic rings. The maximum absolute atomic E-state index is 10.5. The summed E-state index contributed by atoms with van der Waals surface area (Å²) in [7, 11) is 0. The topological polar surface area (TPSA) is 29.5 Å². The minimum Gasteiger partial charge on any atom is -0.487 e. The SMILES string of the molecule is CCC(Oc1cc(C)ccc1C)C(O)c1ccccc1. The maximum Gasteiger partial charge on any atom is 0.128 e. The number of hydrogen-bond acceptors (Lipinski definition) is 2. The summed E-state index contributed by atoms with van der Waals surface area (Å²) in [5, 5.41) is 10.5. The van der Waals surface area contributed by atoms with Crippen LogP contribution in [0.5, 0.6) is 5.75 Å². The molecule has 0 aliphatic heterocycles. The van der Waals surface area contributed by atoms with Gasteiger partial charge in [0, 0.05) is 0 Å². The van der Waals surface area contributed by atoms with Crippen molar-refractivity contribution < 1.29 is 9.84 Å². The summed E-state index contributed by atoms with van der Waals surface area (Å²) in [4.78, 5) is 0. The molecule has 0 saturated carbocycles. The standard InChI is InChI=1S/C18H22O2/c1-4-16(18(19)15-8-6-5-7-9-15)20-17-12-13(2)10-11-14(17)3/h5-12,16,18-19H,4H2,1-3H3. The zero-order chi connectivity index (χ0) is 14.5. The van der Waals surface area contributed by atoms with Gasteiger partial charge in [-0.15, -0.1) is 0 Å². The van der Waals surface area contributed by atoms with Gasteiger partial charge in [0.25, 0.3) is 0 Å². The fourth-order valence-corrected chi connectivity index (χ4v) is 2.23. The van der Waals surface area contributed by atoms with Gasteiger partial charge in [-0.2, -0.15) is 0 Å². The van der Waals surface area contributed by atoms with Gasteiger partial charge in [0.05, 0.1) is 0 Å². The van der Waals surface area contributed by atoms with Crippen LogP contribution < -0.4 is 4.74 Å². The Morgan fingerprint density at radius 2 is 1.75 bits per heavy atom. The number of ether oxygens (including phenoxy) is 1. The number of hydrogen-bond donors (Lipinski definition) is 1. The van der Waals surface area contributed by atoms with E-state index in [1.807, 2.05) is 63.2 Å². The van der Waals surface area contributed by atoms with Crippen LogP contribution in [0.4, 0.5) is 0 Å². The fourth-order valence-electron chi connectivity index (χ4n) is 2.23. The first kappa shape index (κ1) is 14.6. The summed E-state index contributed by atoms with van der Waals surface area (Å²) in [5.74, 6) is 0.854. The largest absolute Gasteiger partial charge is 0.487 e. The molecule has 1 N–H and O–H groups in total. The first-order valence-electron chi connectivity index (χ1n) is 7.08. The fraction of sp³-hybridized carbons (Fsp3) is 0.333. The molecule has 0 heterocycles. The van der Waals surface area contributed by atoms with E-state index in [1.165, 1.54) is 0 Å². The van der Waals surface area contributed by atoms with E-state index in [1.54, 1.807) is 0 Å². The molecule has 20 heavy (non-hydrogen) atoms. The summed E-state index contributed by atoms with van der Waals surface area (Å²) in [5.41, 5.74) is 3.15. The van der Waals surface area contributed by atoms with Crippen LogP contribution in [0.25, 0.3) is 0 Å². The van der Waals surface area contributed by atoms with Crippen LogP contribution in [0, 0.1) is 13.8 Å². The van der Waals surface area contributed by atoms with Crippen LogP contribution in [-0.4, -0.2) is 11.2 Å². The summed E-state index contributed by atoms with van der Waals surface area (Å²) in [6.45, 7) is 6.10. The molecule has 0 saturated heterocycles. The number of aryl methyl sites for hydroxylation is 2. The highest BCUT2D eigenvalue weighted by Gasteiger charge is 2.21. The third kappa shape index (κ3) is 3.40. The van der Waals surface area contributed by atoms with Crippen molar-refractivity contribution in [3.63, 3.8) is 0 Å². The highest BCUT2D eigenvalue weighted by Crippen LogP contribution is 2.26. The van der Waals surface area contributed by atoms with Crippen LogP contribution in [0.3, 0.4) is 0 Å². The molecule has 106 valence electrons. The highest BCUT2D eigenvalue weighted by molar-refractivity contribution is 5.36. The van der Waals surface area contributed by atoms with Gasteiger partial charge >= 0.3 is 0 Å². The molecule has 2 heteroatoms. The first-order valence-corrected chi connectivity index (χ1v) is 7.08. The van der Waals surface area contributed by atoms with Gasteiger partial charge in [-0.1, -0.05) is 49.4 Å². The predicted molar refractivity (Wildman–Crippen MR) is 82.0 cm³/mol. The summed E-state index contributed by atoms with van der Waals surface area (Å²) in [6.07, 6.45) is -0.0947. The first-order chi connectivity index (χ1) is 9.61. The Bertz CT molecular complexity index is 549. The molecule has 2 atom stereocenters. The second-order valence-corrected chi connectivity index (χ2v) is 5.19. The average Bonchev–Trinajstić information content (AvgIpc) is 2.48. The van der Waals surface area contributed by atoms with Gasteiger partial charge in [0.15, 0.2) is 0 Å². The van der Waals surface area contributed by atoms with Crippen LogP contribution in [0.15, 0.2) is 48.5 Å². The summed E-state index contributed by atoms with van der Waals surface area (Å²) in [6, 6.07) is 15.8. The predicted octanol–water partition coefficient (Wildman–Crippen LogP) is 4.19. The van der Waals surface area contributed by atoms with E-state index in [0.29, 0.717) is 0 Å². The van der Waals surface area contributed by atoms with E-state index in [9.17, 15) is 5.11 Å². The zero-order valence-electron chi connectivity index (χ0n) is 12.3. The van der Waals surface area contributed by atoms with E-state index in [0.717, 1.165) is 28.9 Å². The van der Waals surface area contributed by atoms with Crippen molar-refractivity contribution in [1.29, 1.82) is 0 Å². The lowest BCUT2D eigenvalue weighted by Gasteiger charge is -2.24. The second-order valence-electron chi connectivity index (χ2n) is 5.19. The van der Waals surface area contributed by atoms with Crippen molar-refractivity contribution in [3.05, 3.63) is 65.2 Å². The number of rotatable bonds is 5. The Kier molecular flexibility index (Phi) is 4.80. The van der Waals surface area contributed by atoms with Gasteiger partial charge in [-0.05, 0) is 43.0 Å². The lowest BCUT2D eigenvalue weighted by Crippen LogP contribution is -2.24. The molecule has 0 amide bonds. The Labute approximate surface area is 121 Å². The van der Waals surface area contributed by atoms with E-state index in [4.69, 9.17) is 4.74 Å². The minimum atomic E-state index is -0.610. The van der Waals surface area contributed by atoms with Gasteiger partial charge in [-0.3, -0.25) is 0 Å². The number of aliphatic hydroxyl groups is 1. The van der Waals surface area contributed by atoms with Crippen molar-refractivity contribution in [3.8, 4) is 5.75 Å². The Morgan fingerprint density at radius 1 is 1.05 bits per heavy atom. The molecule has 0 aliphatic carbocycles. The van der Waals surface area contributed by atoms with Crippen molar-refractivity contribution in [2.75, 3.05) is 0 Å². The van der Waals surface area contributed by atoms with E-state index in [-0.39, 0.29) is 6.10 Å². The molecule has 0 bridgehead atoms. The van der Waals surface area contributed by atoms with Crippen LogP contribution in [-0.2, 0) is 0 Å². The highest BCUT2D eigenvalue weighted by atomic mass is 16.5. The van der Waals surface area contributed by atoms with Crippen LogP contribution >= 0.6 is 0 Å². The molecule has 0 aromatic heterocycles. The smallest absolute Gasteiger partial charge is 0.128 e. The molecule has 2 unspecified atom stereocenters. The molecular formula is C18H22O2. The van der Waals surface area contributed by atoms with Crippen LogP contribution in [0.2, 0.25) is 0 Å². The molecular weight excluding hydrogens is 248 g/mol.